The van der Waals surface area contributed by atoms with Crippen molar-refractivity contribution in [3.8, 4) is 0 Å². The fourth-order valence-corrected chi connectivity index (χ4v) is 1.77. The maximum Gasteiger partial charge on any atom is 0.234 e. The van der Waals surface area contributed by atoms with E-state index in [-0.39, 0.29) is 24.3 Å². The van der Waals surface area contributed by atoms with Crippen molar-refractivity contribution in [2.24, 2.45) is 0 Å². The predicted molar refractivity (Wildman–Crippen MR) is 69.1 cm³/mol. The zero-order chi connectivity index (χ0) is 12.8. The summed E-state index contributed by atoms with van der Waals surface area (Å²) in [5.74, 6) is -0.326. The number of hydrogen-bond donors (Lipinski definition) is 2. The van der Waals surface area contributed by atoms with Crippen LogP contribution in [0.2, 0.25) is 0 Å². The second kappa shape index (κ2) is 6.71. The molecular weight excluding hydrogens is 287 g/mol. The number of nitrogens with one attached hydrogen (secondary N) is 2. The van der Waals surface area contributed by atoms with E-state index in [9.17, 15) is 9.18 Å². The lowest BCUT2D eigenvalue weighted by Gasteiger charge is -2.09. The largest absolute Gasteiger partial charge is 0.353 e. The highest BCUT2D eigenvalue weighted by molar-refractivity contribution is 9.10. The van der Waals surface area contributed by atoms with Gasteiger partial charge < -0.3 is 10.6 Å². The molecular formula is C12H16BrFN2O. The molecule has 0 radical (unpaired) electrons. The molecule has 0 aliphatic rings. The molecule has 0 heterocycles. The fourth-order valence-electron chi connectivity index (χ4n) is 1.34. The van der Waals surface area contributed by atoms with Crippen LogP contribution >= 0.6 is 15.9 Å². The molecule has 0 atom stereocenters. The van der Waals surface area contributed by atoms with E-state index >= 15 is 0 Å². The van der Waals surface area contributed by atoms with Gasteiger partial charge in [0.05, 0.1) is 11.0 Å². The molecule has 0 saturated carbocycles. The van der Waals surface area contributed by atoms with E-state index in [0.29, 0.717) is 11.0 Å². The predicted octanol–water partition coefficient (Wildman–Crippen LogP) is 2.20. The van der Waals surface area contributed by atoms with E-state index in [4.69, 9.17) is 0 Å². The van der Waals surface area contributed by atoms with Crippen LogP contribution in [0.4, 0.5) is 4.39 Å². The molecule has 0 saturated heterocycles. The second-order valence-corrected chi connectivity index (χ2v) is 4.93. The quantitative estimate of drug-likeness (QED) is 0.875. The molecule has 0 aliphatic heterocycles. The zero-order valence-corrected chi connectivity index (χ0v) is 11.5. The zero-order valence-electron chi connectivity index (χ0n) is 9.89. The van der Waals surface area contributed by atoms with Crippen LogP contribution in [-0.2, 0) is 11.3 Å². The fraction of sp³-hybridized carbons (Fsp3) is 0.417. The molecule has 0 spiro atoms. The van der Waals surface area contributed by atoms with Crippen molar-refractivity contribution in [1.82, 2.24) is 10.6 Å². The Morgan fingerprint density at radius 2 is 2.18 bits per heavy atom. The van der Waals surface area contributed by atoms with Crippen molar-refractivity contribution >= 4 is 21.8 Å². The molecule has 0 aliphatic carbocycles. The van der Waals surface area contributed by atoms with Crippen LogP contribution in [0.1, 0.15) is 19.4 Å². The molecule has 5 heteroatoms. The van der Waals surface area contributed by atoms with E-state index in [1.807, 2.05) is 13.8 Å². The molecule has 0 aromatic heterocycles. The summed E-state index contributed by atoms with van der Waals surface area (Å²) in [7, 11) is 0. The SMILES string of the molecule is CC(C)NC(=O)CNCc1ccc(F)c(Br)c1. The van der Waals surface area contributed by atoms with Crippen molar-refractivity contribution in [3.63, 3.8) is 0 Å². The van der Waals surface area contributed by atoms with Crippen molar-refractivity contribution in [1.29, 1.82) is 0 Å². The summed E-state index contributed by atoms with van der Waals surface area (Å²) < 4.78 is 13.4. The van der Waals surface area contributed by atoms with Crippen molar-refractivity contribution < 1.29 is 9.18 Å². The first-order valence-corrected chi connectivity index (χ1v) is 6.22. The van der Waals surface area contributed by atoms with E-state index in [2.05, 4.69) is 26.6 Å². The Balaban J connectivity index is 2.36. The van der Waals surface area contributed by atoms with Crippen LogP contribution in [0, 0.1) is 5.82 Å². The number of benzene rings is 1. The molecule has 94 valence electrons. The molecule has 0 fully saturated rings. The van der Waals surface area contributed by atoms with E-state index < -0.39 is 0 Å². The third-order valence-corrected chi connectivity index (χ3v) is 2.66. The van der Waals surface area contributed by atoms with Crippen molar-refractivity contribution in [2.75, 3.05) is 6.54 Å². The van der Waals surface area contributed by atoms with Gasteiger partial charge in [0.25, 0.3) is 0 Å². The van der Waals surface area contributed by atoms with Crippen molar-refractivity contribution in [2.45, 2.75) is 26.4 Å². The molecule has 1 amide bonds. The molecule has 1 aromatic rings. The summed E-state index contributed by atoms with van der Waals surface area (Å²) >= 11 is 3.12. The van der Waals surface area contributed by atoms with Gasteiger partial charge >= 0.3 is 0 Å². The first-order chi connectivity index (χ1) is 7.99. The molecule has 3 nitrogen and oxygen atoms in total. The number of rotatable bonds is 5. The highest BCUT2D eigenvalue weighted by Crippen LogP contribution is 2.16. The van der Waals surface area contributed by atoms with E-state index in [0.717, 1.165) is 5.56 Å². The van der Waals surface area contributed by atoms with Gasteiger partial charge in [0.15, 0.2) is 0 Å². The average Bonchev–Trinajstić information content (AvgIpc) is 2.22. The topological polar surface area (TPSA) is 41.1 Å². The lowest BCUT2D eigenvalue weighted by Crippen LogP contribution is -2.37. The molecule has 2 N–H and O–H groups in total. The van der Waals surface area contributed by atoms with Gasteiger partial charge in [-0.25, -0.2) is 4.39 Å². The van der Waals surface area contributed by atoms with Crippen LogP contribution in [0.15, 0.2) is 22.7 Å². The Morgan fingerprint density at radius 3 is 2.76 bits per heavy atom. The minimum absolute atomic E-state index is 0.0406. The van der Waals surface area contributed by atoms with Gasteiger partial charge in [-0.2, -0.15) is 0 Å². The normalized spacial score (nSPS) is 10.6. The number of amides is 1. The van der Waals surface area contributed by atoms with Gasteiger partial charge in [-0.05, 0) is 47.5 Å². The Kier molecular flexibility index (Phi) is 5.58. The van der Waals surface area contributed by atoms with Crippen LogP contribution in [0.5, 0.6) is 0 Å². The maximum atomic E-state index is 13.0. The van der Waals surface area contributed by atoms with Gasteiger partial charge in [0.1, 0.15) is 5.82 Å². The number of halogens is 2. The summed E-state index contributed by atoms with van der Waals surface area (Å²) in [5.41, 5.74) is 0.927. The summed E-state index contributed by atoms with van der Waals surface area (Å²) in [5, 5.41) is 5.78. The van der Waals surface area contributed by atoms with Crippen molar-refractivity contribution in [3.05, 3.63) is 34.1 Å². The second-order valence-electron chi connectivity index (χ2n) is 4.07. The molecule has 17 heavy (non-hydrogen) atoms. The third-order valence-electron chi connectivity index (χ3n) is 2.05. The highest BCUT2D eigenvalue weighted by Gasteiger charge is 2.03. The smallest absolute Gasteiger partial charge is 0.234 e. The minimum atomic E-state index is -0.286. The van der Waals surface area contributed by atoms with Crippen LogP contribution in [-0.4, -0.2) is 18.5 Å². The Morgan fingerprint density at radius 1 is 1.47 bits per heavy atom. The summed E-state index contributed by atoms with van der Waals surface area (Å²) in [6.07, 6.45) is 0. The van der Waals surface area contributed by atoms with Gasteiger partial charge in [-0.3, -0.25) is 4.79 Å². The average molecular weight is 303 g/mol. The molecule has 1 aromatic carbocycles. The lowest BCUT2D eigenvalue weighted by atomic mass is 10.2. The number of hydrogen-bond acceptors (Lipinski definition) is 2. The van der Waals surface area contributed by atoms with Crippen LogP contribution in [0.25, 0.3) is 0 Å². The van der Waals surface area contributed by atoms with E-state index in [1.54, 1.807) is 12.1 Å². The summed E-state index contributed by atoms with van der Waals surface area (Å²) in [6.45, 7) is 4.61. The minimum Gasteiger partial charge on any atom is -0.353 e. The lowest BCUT2D eigenvalue weighted by molar-refractivity contribution is -0.120. The Bertz CT molecular complexity index is 396. The number of carbonyl (C=O) groups excluding carboxylic acids is 1. The Labute approximate surface area is 109 Å². The number of carbonyl (C=O) groups is 1. The van der Waals surface area contributed by atoms with Crippen LogP contribution < -0.4 is 10.6 Å². The standard InChI is InChI=1S/C12H16BrFN2O/c1-8(2)16-12(17)7-15-6-9-3-4-11(14)10(13)5-9/h3-5,8,15H,6-7H2,1-2H3,(H,16,17). The van der Waals surface area contributed by atoms with Gasteiger partial charge in [0, 0.05) is 12.6 Å². The molecule has 0 bridgehead atoms. The van der Waals surface area contributed by atoms with Gasteiger partial charge in [-0.1, -0.05) is 6.07 Å². The first-order valence-electron chi connectivity index (χ1n) is 5.43. The molecule has 1 rings (SSSR count). The summed E-state index contributed by atoms with van der Waals surface area (Å²) in [6, 6.07) is 4.93. The third kappa shape index (κ3) is 5.28. The monoisotopic (exact) mass is 302 g/mol. The Hall–Kier alpha value is -0.940. The summed E-state index contributed by atoms with van der Waals surface area (Å²) in [4.78, 5) is 11.3. The van der Waals surface area contributed by atoms with Gasteiger partial charge in [-0.15, -0.1) is 0 Å². The van der Waals surface area contributed by atoms with Crippen LogP contribution in [0.3, 0.4) is 0 Å². The first kappa shape index (κ1) is 14.1. The van der Waals surface area contributed by atoms with Gasteiger partial charge in [0.2, 0.25) is 5.91 Å². The maximum absolute atomic E-state index is 13.0. The molecule has 0 unspecified atom stereocenters. The highest BCUT2D eigenvalue weighted by atomic mass is 79.9. The van der Waals surface area contributed by atoms with E-state index in [1.165, 1.54) is 6.07 Å².